The van der Waals surface area contributed by atoms with E-state index in [9.17, 15) is 15.2 Å². The number of nitrogens with two attached hydrogens (primary N) is 1. The maximum atomic E-state index is 10.8. The molecule has 0 saturated heterocycles. The molecular formula is C12H13N3O3. The number of phenolic OH excluding ortho intramolecular Hbond substituents is 1. The minimum Gasteiger partial charge on any atom is -0.502 e. The lowest BCUT2D eigenvalue weighted by Gasteiger charge is -2.13. The molecule has 0 fully saturated rings. The first-order valence-corrected chi connectivity index (χ1v) is 5.18. The third-order valence-electron chi connectivity index (χ3n) is 2.41. The van der Waals surface area contributed by atoms with Crippen LogP contribution >= 0.6 is 0 Å². The van der Waals surface area contributed by atoms with Crippen LogP contribution < -0.4 is 5.73 Å². The molecule has 0 radical (unpaired) electrons. The smallest absolute Gasteiger partial charge is 0.312 e. The van der Waals surface area contributed by atoms with Gasteiger partial charge in [-0.15, -0.1) is 6.58 Å². The minimum atomic E-state index is -0.743. The minimum absolute atomic E-state index is 0.0895. The van der Waals surface area contributed by atoms with Gasteiger partial charge in [0.05, 0.1) is 16.6 Å². The second kappa shape index (κ2) is 5.29. The summed E-state index contributed by atoms with van der Waals surface area (Å²) in [5.74, 6) is -0.493. The molecule has 0 amide bonds. The van der Waals surface area contributed by atoms with Crippen molar-refractivity contribution in [2.24, 2.45) is 5.73 Å². The molecule has 0 unspecified atom stereocenters. The maximum absolute atomic E-state index is 10.8. The third kappa shape index (κ3) is 2.84. The fourth-order valence-electron chi connectivity index (χ4n) is 1.61. The van der Waals surface area contributed by atoms with Crippen molar-refractivity contribution in [3.05, 3.63) is 45.5 Å². The number of hydrogen-bond acceptors (Lipinski definition) is 5. The Labute approximate surface area is 104 Å². The number of aromatic hydroxyl groups is 1. The molecule has 0 heterocycles. The van der Waals surface area contributed by atoms with Crippen LogP contribution in [0, 0.1) is 21.4 Å². The Morgan fingerprint density at radius 2 is 2.33 bits per heavy atom. The summed E-state index contributed by atoms with van der Waals surface area (Å²) >= 11 is 0. The second-order valence-corrected chi connectivity index (χ2v) is 4.07. The lowest BCUT2D eigenvalue weighted by molar-refractivity contribution is -0.386. The van der Waals surface area contributed by atoms with Crippen molar-refractivity contribution in [2.45, 2.75) is 19.4 Å². The molecule has 0 aromatic heterocycles. The van der Waals surface area contributed by atoms with Gasteiger partial charge in [-0.05, 0) is 19.4 Å². The van der Waals surface area contributed by atoms with Crippen LogP contribution in [0.4, 0.5) is 5.69 Å². The standard InChI is InChI=1S/C12H13N3O3/c1-7(2)3-10(14)9-4-8(6-13)5-11(12(9)16)15(17)18/h4-5,10,16H,1,3,14H2,2H3/t10-/m1/s1. The highest BCUT2D eigenvalue weighted by Crippen LogP contribution is 2.35. The highest BCUT2D eigenvalue weighted by Gasteiger charge is 2.22. The molecule has 0 saturated carbocycles. The molecule has 1 rings (SSSR count). The summed E-state index contributed by atoms with van der Waals surface area (Å²) in [4.78, 5) is 10.0. The van der Waals surface area contributed by atoms with Crippen molar-refractivity contribution >= 4 is 5.69 Å². The van der Waals surface area contributed by atoms with Crippen LogP contribution in [0.25, 0.3) is 0 Å². The topological polar surface area (TPSA) is 113 Å². The van der Waals surface area contributed by atoms with Gasteiger partial charge in [0.2, 0.25) is 0 Å². The quantitative estimate of drug-likeness (QED) is 0.480. The van der Waals surface area contributed by atoms with Crippen LogP contribution in [0.1, 0.15) is 30.5 Å². The number of nitro benzene ring substituents is 1. The predicted molar refractivity (Wildman–Crippen MR) is 65.8 cm³/mol. The number of nitrogens with zero attached hydrogens (tertiary/aromatic N) is 2. The van der Waals surface area contributed by atoms with Gasteiger partial charge < -0.3 is 10.8 Å². The van der Waals surface area contributed by atoms with E-state index in [0.29, 0.717) is 6.42 Å². The van der Waals surface area contributed by atoms with Crippen molar-refractivity contribution < 1.29 is 10.0 Å². The summed E-state index contributed by atoms with van der Waals surface area (Å²) in [5.41, 5.74) is 6.38. The number of hydrogen-bond donors (Lipinski definition) is 2. The molecule has 6 nitrogen and oxygen atoms in total. The fourth-order valence-corrected chi connectivity index (χ4v) is 1.61. The summed E-state index contributed by atoms with van der Waals surface area (Å²) < 4.78 is 0. The molecule has 0 aliphatic rings. The average molecular weight is 247 g/mol. The highest BCUT2D eigenvalue weighted by atomic mass is 16.6. The number of phenols is 1. The first-order valence-electron chi connectivity index (χ1n) is 5.18. The number of benzene rings is 1. The van der Waals surface area contributed by atoms with E-state index < -0.39 is 22.4 Å². The predicted octanol–water partition coefficient (Wildman–Crippen LogP) is 2.14. The zero-order valence-corrected chi connectivity index (χ0v) is 9.88. The van der Waals surface area contributed by atoms with Crippen molar-refractivity contribution in [3.8, 4) is 11.8 Å². The maximum Gasteiger partial charge on any atom is 0.312 e. The van der Waals surface area contributed by atoms with E-state index in [0.717, 1.165) is 11.6 Å². The largest absolute Gasteiger partial charge is 0.502 e. The Bertz CT molecular complexity index is 546. The SMILES string of the molecule is C=C(C)C[C@@H](N)c1cc(C#N)cc([N+](=O)[O-])c1O. The zero-order valence-electron chi connectivity index (χ0n) is 9.88. The van der Waals surface area contributed by atoms with Gasteiger partial charge in [0.1, 0.15) is 0 Å². The van der Waals surface area contributed by atoms with Crippen LogP contribution in [0.3, 0.4) is 0 Å². The molecule has 1 atom stereocenters. The van der Waals surface area contributed by atoms with E-state index in [1.165, 1.54) is 6.07 Å². The van der Waals surface area contributed by atoms with Crippen molar-refractivity contribution in [2.75, 3.05) is 0 Å². The lowest BCUT2D eigenvalue weighted by atomic mass is 9.97. The molecule has 1 aromatic rings. The van der Waals surface area contributed by atoms with Crippen LogP contribution in [0.15, 0.2) is 24.3 Å². The van der Waals surface area contributed by atoms with Gasteiger partial charge in [-0.2, -0.15) is 5.26 Å². The summed E-state index contributed by atoms with van der Waals surface area (Å²) in [6.07, 6.45) is 0.375. The van der Waals surface area contributed by atoms with E-state index in [-0.39, 0.29) is 11.1 Å². The van der Waals surface area contributed by atoms with E-state index >= 15 is 0 Å². The summed E-state index contributed by atoms with van der Waals surface area (Å²) in [7, 11) is 0. The molecule has 3 N–H and O–H groups in total. The van der Waals surface area contributed by atoms with E-state index in [4.69, 9.17) is 11.0 Å². The van der Waals surface area contributed by atoms with Gasteiger partial charge in [-0.25, -0.2) is 0 Å². The van der Waals surface area contributed by atoms with E-state index in [1.54, 1.807) is 13.0 Å². The van der Waals surface area contributed by atoms with Crippen LogP contribution in [-0.4, -0.2) is 10.0 Å². The van der Waals surface area contributed by atoms with E-state index in [1.807, 2.05) is 0 Å². The molecule has 6 heteroatoms. The Morgan fingerprint density at radius 3 is 2.78 bits per heavy atom. The molecule has 0 aliphatic heterocycles. The van der Waals surface area contributed by atoms with Crippen LogP contribution in [0.2, 0.25) is 0 Å². The Hall–Kier alpha value is -2.39. The summed E-state index contributed by atoms with van der Waals surface area (Å²) in [6.45, 7) is 5.45. The van der Waals surface area contributed by atoms with Crippen molar-refractivity contribution in [1.29, 1.82) is 5.26 Å². The van der Waals surface area contributed by atoms with Crippen molar-refractivity contribution in [3.63, 3.8) is 0 Å². The molecule has 94 valence electrons. The first-order chi connectivity index (χ1) is 8.36. The first kappa shape index (κ1) is 13.7. The fraction of sp³-hybridized carbons (Fsp3) is 0.250. The second-order valence-electron chi connectivity index (χ2n) is 4.07. The molecule has 0 spiro atoms. The number of rotatable bonds is 4. The number of nitriles is 1. The Kier molecular flexibility index (Phi) is 4.02. The van der Waals surface area contributed by atoms with Gasteiger partial charge in [-0.1, -0.05) is 5.57 Å². The number of nitro groups is 1. The summed E-state index contributed by atoms with van der Waals surface area (Å²) in [6, 6.07) is 3.55. The molecule has 0 aliphatic carbocycles. The van der Waals surface area contributed by atoms with Crippen molar-refractivity contribution in [1.82, 2.24) is 0 Å². The average Bonchev–Trinajstić information content (AvgIpc) is 2.27. The molecular weight excluding hydrogens is 234 g/mol. The molecule has 0 bridgehead atoms. The van der Waals surface area contributed by atoms with Gasteiger partial charge in [0.25, 0.3) is 0 Å². The summed E-state index contributed by atoms with van der Waals surface area (Å²) in [5, 5.41) is 29.4. The van der Waals surface area contributed by atoms with Gasteiger partial charge >= 0.3 is 5.69 Å². The lowest BCUT2D eigenvalue weighted by Crippen LogP contribution is -2.11. The van der Waals surface area contributed by atoms with Crippen LogP contribution in [0.5, 0.6) is 5.75 Å². The monoisotopic (exact) mass is 247 g/mol. The zero-order chi connectivity index (χ0) is 13.9. The van der Waals surface area contributed by atoms with Gasteiger partial charge in [0, 0.05) is 17.7 Å². The Morgan fingerprint density at radius 1 is 1.72 bits per heavy atom. The molecule has 18 heavy (non-hydrogen) atoms. The molecule has 1 aromatic carbocycles. The normalized spacial score (nSPS) is 11.6. The van der Waals surface area contributed by atoms with Gasteiger partial charge in [0.15, 0.2) is 5.75 Å². The third-order valence-corrected chi connectivity index (χ3v) is 2.41. The van der Waals surface area contributed by atoms with Crippen LogP contribution in [-0.2, 0) is 0 Å². The van der Waals surface area contributed by atoms with Gasteiger partial charge in [-0.3, -0.25) is 10.1 Å². The Balaban J connectivity index is 3.35. The highest BCUT2D eigenvalue weighted by molar-refractivity contribution is 5.57. The van der Waals surface area contributed by atoms with E-state index in [2.05, 4.69) is 6.58 Å².